The third kappa shape index (κ3) is 5.33. The van der Waals surface area contributed by atoms with Gasteiger partial charge >= 0.3 is 0 Å². The second kappa shape index (κ2) is 10.7. The minimum absolute atomic E-state index is 0.0856. The number of carbonyl (C=O) groups is 1. The molecule has 1 amide bonds. The molecule has 1 aromatic heterocycles. The quantitative estimate of drug-likeness (QED) is 0.343. The van der Waals surface area contributed by atoms with Crippen molar-refractivity contribution in [3.8, 4) is 22.8 Å². The Labute approximate surface area is 209 Å². The van der Waals surface area contributed by atoms with Gasteiger partial charge in [-0.2, -0.15) is 0 Å². The van der Waals surface area contributed by atoms with Crippen LogP contribution in [0.3, 0.4) is 0 Å². The van der Waals surface area contributed by atoms with Gasteiger partial charge in [-0.05, 0) is 73.5 Å². The molecule has 35 heavy (non-hydrogen) atoms. The fraction of sp³-hybridized carbons (Fsp3) is 0.222. The van der Waals surface area contributed by atoms with E-state index in [-0.39, 0.29) is 11.7 Å². The number of hydrogen-bond acceptors (Lipinski definition) is 6. The number of aromatic nitrogens is 3. The van der Waals surface area contributed by atoms with Crippen LogP contribution in [0.2, 0.25) is 0 Å². The maximum atomic E-state index is 12.7. The lowest BCUT2D eigenvalue weighted by Gasteiger charge is -2.17. The number of amides is 1. The van der Waals surface area contributed by atoms with E-state index in [1.807, 2.05) is 71.3 Å². The van der Waals surface area contributed by atoms with Gasteiger partial charge in [-0.1, -0.05) is 30.0 Å². The minimum atomic E-state index is -0.0856. The van der Waals surface area contributed by atoms with E-state index >= 15 is 0 Å². The number of nitrogens with one attached hydrogen (secondary N) is 1. The maximum Gasteiger partial charge on any atom is 0.234 e. The summed E-state index contributed by atoms with van der Waals surface area (Å²) < 4.78 is 7.25. The Hall–Kier alpha value is -3.78. The Morgan fingerprint density at radius 1 is 0.914 bits per heavy atom. The van der Waals surface area contributed by atoms with E-state index in [1.165, 1.54) is 30.3 Å². The number of thioether (sulfide) groups is 1. The molecule has 8 heteroatoms. The molecule has 4 aromatic rings. The van der Waals surface area contributed by atoms with Gasteiger partial charge in [0.2, 0.25) is 5.91 Å². The zero-order valence-corrected chi connectivity index (χ0v) is 20.4. The summed E-state index contributed by atoms with van der Waals surface area (Å²) in [5.41, 5.74) is 3.85. The number of hydrogen-bond donors (Lipinski definition) is 1. The largest absolute Gasteiger partial charge is 0.497 e. The normalized spacial score (nSPS) is 13.1. The second-order valence-electron chi connectivity index (χ2n) is 8.28. The van der Waals surface area contributed by atoms with Gasteiger partial charge in [-0.3, -0.25) is 9.36 Å². The number of anilines is 2. The highest BCUT2D eigenvalue weighted by Crippen LogP contribution is 2.29. The van der Waals surface area contributed by atoms with E-state index in [9.17, 15) is 4.79 Å². The lowest BCUT2D eigenvalue weighted by molar-refractivity contribution is -0.113. The van der Waals surface area contributed by atoms with Crippen molar-refractivity contribution in [1.29, 1.82) is 0 Å². The Kier molecular flexibility index (Phi) is 6.99. The Morgan fingerprint density at radius 3 is 2.31 bits per heavy atom. The Morgan fingerprint density at radius 2 is 1.63 bits per heavy atom. The Balaban J connectivity index is 1.30. The molecule has 0 unspecified atom stereocenters. The first-order chi connectivity index (χ1) is 17.2. The fourth-order valence-corrected chi connectivity index (χ4v) is 4.91. The maximum absolute atomic E-state index is 12.7. The number of carbonyl (C=O) groups excluding carboxylic acids is 1. The standard InChI is InChI=1S/C27H27N5O2S/c1-34-24-15-9-20(10-16-24)26-29-30-27(32(26)23-7-3-2-4-8-23)35-19-25(33)28-21-11-13-22(14-12-21)31-17-5-6-18-31/h2-4,7-16H,5-6,17-19H2,1H3,(H,28,33). The van der Waals surface area contributed by atoms with Crippen LogP contribution >= 0.6 is 11.8 Å². The van der Waals surface area contributed by atoms with Gasteiger partial charge in [0.25, 0.3) is 0 Å². The van der Waals surface area contributed by atoms with Gasteiger partial charge in [-0.25, -0.2) is 0 Å². The predicted molar refractivity (Wildman–Crippen MR) is 141 cm³/mol. The van der Waals surface area contributed by atoms with E-state index in [0.717, 1.165) is 35.8 Å². The molecule has 0 aliphatic carbocycles. The summed E-state index contributed by atoms with van der Waals surface area (Å²) in [4.78, 5) is 15.1. The van der Waals surface area contributed by atoms with Crippen LogP contribution in [0.5, 0.6) is 5.75 Å². The van der Waals surface area contributed by atoms with Crippen molar-refractivity contribution in [2.24, 2.45) is 0 Å². The highest BCUT2D eigenvalue weighted by molar-refractivity contribution is 7.99. The van der Waals surface area contributed by atoms with Crippen molar-refractivity contribution in [3.63, 3.8) is 0 Å². The van der Waals surface area contributed by atoms with Crippen LogP contribution in [0.4, 0.5) is 11.4 Å². The zero-order chi connectivity index (χ0) is 24.0. The number of nitrogens with zero attached hydrogens (tertiary/aromatic N) is 4. The summed E-state index contributed by atoms with van der Waals surface area (Å²) in [5, 5.41) is 12.5. The molecule has 2 heterocycles. The summed E-state index contributed by atoms with van der Waals surface area (Å²) in [6.45, 7) is 2.20. The molecular weight excluding hydrogens is 458 g/mol. The number of benzene rings is 3. The van der Waals surface area contributed by atoms with Crippen LogP contribution < -0.4 is 15.0 Å². The van der Waals surface area contributed by atoms with E-state index in [0.29, 0.717) is 11.0 Å². The molecule has 3 aromatic carbocycles. The van der Waals surface area contributed by atoms with Crippen LogP contribution in [0.25, 0.3) is 17.1 Å². The molecule has 0 bridgehead atoms. The summed E-state index contributed by atoms with van der Waals surface area (Å²) in [7, 11) is 1.64. The first-order valence-electron chi connectivity index (χ1n) is 11.6. The van der Waals surface area contributed by atoms with Crippen molar-refractivity contribution >= 4 is 29.0 Å². The van der Waals surface area contributed by atoms with Gasteiger partial charge in [0.1, 0.15) is 5.75 Å². The third-order valence-corrected chi connectivity index (χ3v) is 6.88. The summed E-state index contributed by atoms with van der Waals surface area (Å²) in [6, 6.07) is 25.7. The first-order valence-corrected chi connectivity index (χ1v) is 12.6. The topological polar surface area (TPSA) is 72.3 Å². The molecule has 0 atom stereocenters. The molecule has 1 aliphatic heterocycles. The van der Waals surface area contributed by atoms with Crippen molar-refractivity contribution in [2.45, 2.75) is 18.0 Å². The number of ether oxygens (including phenoxy) is 1. The van der Waals surface area contributed by atoms with Crippen LogP contribution in [-0.4, -0.2) is 46.6 Å². The molecule has 178 valence electrons. The van der Waals surface area contributed by atoms with E-state index in [1.54, 1.807) is 7.11 Å². The predicted octanol–water partition coefficient (Wildman–Crippen LogP) is 5.27. The number of rotatable bonds is 8. The molecule has 0 spiro atoms. The molecule has 1 aliphatic rings. The fourth-order valence-electron chi connectivity index (χ4n) is 4.16. The summed E-state index contributed by atoms with van der Waals surface area (Å²) in [5.74, 6) is 1.62. The van der Waals surface area contributed by atoms with Crippen LogP contribution in [0, 0.1) is 0 Å². The minimum Gasteiger partial charge on any atom is -0.497 e. The summed E-state index contributed by atoms with van der Waals surface area (Å²) >= 11 is 1.36. The summed E-state index contributed by atoms with van der Waals surface area (Å²) in [6.07, 6.45) is 2.48. The smallest absolute Gasteiger partial charge is 0.234 e. The molecule has 7 nitrogen and oxygen atoms in total. The van der Waals surface area contributed by atoms with E-state index in [2.05, 4.69) is 32.5 Å². The van der Waals surface area contributed by atoms with Gasteiger partial charge in [0.05, 0.1) is 12.9 Å². The molecule has 1 fully saturated rings. The zero-order valence-electron chi connectivity index (χ0n) is 19.6. The van der Waals surface area contributed by atoms with Crippen LogP contribution in [-0.2, 0) is 4.79 Å². The van der Waals surface area contributed by atoms with Gasteiger partial charge in [-0.15, -0.1) is 10.2 Å². The molecule has 5 rings (SSSR count). The monoisotopic (exact) mass is 485 g/mol. The first kappa shape index (κ1) is 23.0. The lowest BCUT2D eigenvalue weighted by atomic mass is 10.2. The molecule has 0 radical (unpaired) electrons. The van der Waals surface area contributed by atoms with Crippen molar-refractivity contribution in [1.82, 2.24) is 14.8 Å². The van der Waals surface area contributed by atoms with Crippen molar-refractivity contribution in [2.75, 3.05) is 36.2 Å². The molecule has 0 saturated carbocycles. The average molecular weight is 486 g/mol. The number of para-hydroxylation sites is 1. The highest BCUT2D eigenvalue weighted by atomic mass is 32.2. The molecule has 1 N–H and O–H groups in total. The highest BCUT2D eigenvalue weighted by Gasteiger charge is 2.18. The average Bonchev–Trinajstić information content (AvgIpc) is 3.59. The lowest BCUT2D eigenvalue weighted by Crippen LogP contribution is -2.18. The molecular formula is C27H27N5O2S. The van der Waals surface area contributed by atoms with Crippen LogP contribution in [0.15, 0.2) is 84.0 Å². The van der Waals surface area contributed by atoms with E-state index in [4.69, 9.17) is 4.74 Å². The van der Waals surface area contributed by atoms with Gasteiger partial charge in [0, 0.05) is 35.7 Å². The van der Waals surface area contributed by atoms with Gasteiger partial charge < -0.3 is 15.0 Å². The molecule has 1 saturated heterocycles. The van der Waals surface area contributed by atoms with Crippen molar-refractivity contribution < 1.29 is 9.53 Å². The SMILES string of the molecule is COc1ccc(-c2nnc(SCC(=O)Nc3ccc(N4CCCC4)cc3)n2-c2ccccc2)cc1. The number of methoxy groups -OCH3 is 1. The van der Waals surface area contributed by atoms with Crippen LogP contribution in [0.1, 0.15) is 12.8 Å². The Bertz CT molecular complexity index is 1270. The second-order valence-corrected chi connectivity index (χ2v) is 9.23. The van der Waals surface area contributed by atoms with E-state index < -0.39 is 0 Å². The van der Waals surface area contributed by atoms with Gasteiger partial charge in [0.15, 0.2) is 11.0 Å². The van der Waals surface area contributed by atoms with Crippen molar-refractivity contribution in [3.05, 3.63) is 78.9 Å². The third-order valence-electron chi connectivity index (χ3n) is 5.95.